The summed E-state index contributed by atoms with van der Waals surface area (Å²) in [6, 6.07) is 16.1. The van der Waals surface area contributed by atoms with Crippen LogP contribution in [0, 0.1) is 6.92 Å². The molecule has 0 radical (unpaired) electrons. The van der Waals surface area contributed by atoms with Gasteiger partial charge in [-0.2, -0.15) is 0 Å². The summed E-state index contributed by atoms with van der Waals surface area (Å²) in [4.78, 5) is 25.9. The monoisotopic (exact) mass is 476 g/mol. The first-order valence-corrected chi connectivity index (χ1v) is 12.3. The van der Waals surface area contributed by atoms with Crippen LogP contribution in [-0.4, -0.2) is 36.1 Å². The normalized spacial score (nSPS) is 14.3. The smallest absolute Gasteiger partial charge is 0.330 e. The van der Waals surface area contributed by atoms with Gasteiger partial charge in [-0.25, -0.2) is 14.8 Å². The quantitative estimate of drug-likeness (QED) is 0.380. The Bertz CT molecular complexity index is 1320. The minimum atomic E-state index is -0.0337. The van der Waals surface area contributed by atoms with Gasteiger partial charge in [0.2, 0.25) is 0 Å². The summed E-state index contributed by atoms with van der Waals surface area (Å²) in [5, 5.41) is 2.86. The lowest BCUT2D eigenvalue weighted by atomic mass is 9.99. The molecular formula is C24H24N6OS2. The van der Waals surface area contributed by atoms with Crippen molar-refractivity contribution >= 4 is 56.7 Å². The van der Waals surface area contributed by atoms with Crippen LogP contribution in [0.25, 0.3) is 21.9 Å². The fourth-order valence-electron chi connectivity index (χ4n) is 4.07. The summed E-state index contributed by atoms with van der Waals surface area (Å²) in [5.41, 5.74) is 9.83. The van der Waals surface area contributed by atoms with Crippen LogP contribution in [0.3, 0.4) is 0 Å². The Kier molecular flexibility index (Phi) is 5.92. The van der Waals surface area contributed by atoms with Crippen LogP contribution < -0.4 is 20.3 Å². The number of anilines is 3. The predicted molar refractivity (Wildman–Crippen MR) is 138 cm³/mol. The molecule has 1 aliphatic heterocycles. The van der Waals surface area contributed by atoms with Crippen molar-refractivity contribution in [1.29, 1.82) is 0 Å². The molecule has 0 unspecified atom stereocenters. The molecule has 168 valence electrons. The summed E-state index contributed by atoms with van der Waals surface area (Å²) in [6.45, 7) is 3.34. The summed E-state index contributed by atoms with van der Waals surface area (Å²) in [7, 11) is 1.88. The van der Waals surface area contributed by atoms with Crippen molar-refractivity contribution in [3.63, 3.8) is 0 Å². The number of carbonyl (C=O) groups excluding carboxylic acids is 1. The second kappa shape index (κ2) is 9.01. The molecule has 9 heteroatoms. The lowest BCUT2D eigenvalue weighted by Gasteiger charge is -2.34. The molecule has 2 aromatic heterocycles. The molecule has 3 heterocycles. The van der Waals surface area contributed by atoms with E-state index in [1.54, 1.807) is 16.2 Å². The van der Waals surface area contributed by atoms with Gasteiger partial charge in [0.25, 0.3) is 0 Å². The fraction of sp³-hybridized carbons (Fsp3) is 0.208. The number of nitrogen functional groups attached to an aromatic ring is 1. The van der Waals surface area contributed by atoms with Gasteiger partial charge in [0, 0.05) is 30.4 Å². The van der Waals surface area contributed by atoms with Gasteiger partial charge in [-0.05, 0) is 67.1 Å². The maximum Gasteiger partial charge on any atom is 0.330 e. The third-order valence-corrected chi connectivity index (χ3v) is 7.83. The van der Waals surface area contributed by atoms with Gasteiger partial charge in [0.15, 0.2) is 5.13 Å². The number of benzene rings is 2. The number of carbonyl (C=O) groups is 1. The number of amides is 2. The number of hydrogen-bond donors (Lipinski definition) is 2. The van der Waals surface area contributed by atoms with Crippen molar-refractivity contribution in [1.82, 2.24) is 14.7 Å². The molecular weight excluding hydrogens is 452 g/mol. The standard InChI is InChI=1S/C24H24N6OS2/c1-15-22(33-26-2)32-23(28-15)30-12-4-11-29(24(30)31)18-9-7-16(8-10-18)19-6-3-5-17-13-21(25)27-14-20(17)19/h3,5-10,13-14,26H,4,11-12H2,1-2H3,(H2,25,27). The van der Waals surface area contributed by atoms with E-state index in [2.05, 4.69) is 32.9 Å². The van der Waals surface area contributed by atoms with Crippen molar-refractivity contribution in [2.24, 2.45) is 0 Å². The van der Waals surface area contributed by atoms with Crippen LogP contribution in [0.1, 0.15) is 12.1 Å². The number of pyridine rings is 1. The molecule has 1 saturated heterocycles. The Morgan fingerprint density at radius 2 is 1.91 bits per heavy atom. The molecule has 4 aromatic rings. The molecule has 1 aliphatic rings. The van der Waals surface area contributed by atoms with E-state index >= 15 is 0 Å². The number of fused-ring (bicyclic) bond motifs is 1. The minimum absolute atomic E-state index is 0.0337. The minimum Gasteiger partial charge on any atom is -0.384 e. The van der Waals surface area contributed by atoms with Crippen LogP contribution >= 0.6 is 23.3 Å². The third-order valence-electron chi connectivity index (χ3n) is 5.67. The van der Waals surface area contributed by atoms with E-state index in [1.165, 1.54) is 11.9 Å². The van der Waals surface area contributed by atoms with E-state index < -0.39 is 0 Å². The predicted octanol–water partition coefficient (Wildman–Crippen LogP) is 5.31. The fourth-order valence-corrected chi connectivity index (χ4v) is 5.91. The second-order valence-corrected chi connectivity index (χ2v) is 10.1. The van der Waals surface area contributed by atoms with E-state index in [4.69, 9.17) is 5.73 Å². The van der Waals surface area contributed by atoms with Gasteiger partial charge in [0.1, 0.15) is 5.82 Å². The van der Waals surface area contributed by atoms with Gasteiger partial charge in [0.05, 0.1) is 9.90 Å². The first kappa shape index (κ1) is 21.7. The van der Waals surface area contributed by atoms with Gasteiger partial charge in [-0.3, -0.25) is 14.5 Å². The van der Waals surface area contributed by atoms with E-state index in [0.717, 1.165) is 49.0 Å². The van der Waals surface area contributed by atoms with E-state index in [1.807, 2.05) is 55.4 Å². The Balaban J connectivity index is 1.41. The number of aryl methyl sites for hydroxylation is 1. The second-order valence-electron chi connectivity index (χ2n) is 7.80. The summed E-state index contributed by atoms with van der Waals surface area (Å²) >= 11 is 3.08. The zero-order valence-corrected chi connectivity index (χ0v) is 20.0. The molecule has 0 atom stereocenters. The van der Waals surface area contributed by atoms with Crippen LogP contribution in [0.15, 0.2) is 58.9 Å². The number of nitrogens with zero attached hydrogens (tertiary/aromatic N) is 4. The third kappa shape index (κ3) is 4.15. The summed E-state index contributed by atoms with van der Waals surface area (Å²) < 4.78 is 4.16. The SMILES string of the molecule is CNSc1sc(N2CCCN(c3ccc(-c4cccc5cc(N)ncc45)cc3)C2=O)nc1C. The summed E-state index contributed by atoms with van der Waals surface area (Å²) in [5.74, 6) is 0.509. The zero-order valence-electron chi connectivity index (χ0n) is 18.4. The zero-order chi connectivity index (χ0) is 22.9. The number of rotatable bonds is 5. The average Bonchev–Trinajstić information content (AvgIpc) is 3.19. The lowest BCUT2D eigenvalue weighted by molar-refractivity contribution is 0.248. The molecule has 1 fully saturated rings. The number of hydrogen-bond acceptors (Lipinski definition) is 7. The number of thiazole rings is 1. The van der Waals surface area contributed by atoms with E-state index in [9.17, 15) is 4.79 Å². The van der Waals surface area contributed by atoms with Crippen LogP contribution in [-0.2, 0) is 0 Å². The van der Waals surface area contributed by atoms with Crippen molar-refractivity contribution in [2.75, 3.05) is 35.7 Å². The number of nitrogens with one attached hydrogen (secondary N) is 1. The Morgan fingerprint density at radius 1 is 1.12 bits per heavy atom. The first-order valence-electron chi connectivity index (χ1n) is 10.7. The highest BCUT2D eigenvalue weighted by molar-refractivity contribution is 7.99. The average molecular weight is 477 g/mol. The Hall–Kier alpha value is -3.14. The number of nitrogens with two attached hydrogens (primary N) is 1. The molecule has 0 spiro atoms. The van der Waals surface area contributed by atoms with Crippen LogP contribution in [0.4, 0.5) is 21.4 Å². The van der Waals surface area contributed by atoms with Crippen molar-refractivity contribution < 1.29 is 4.79 Å². The topological polar surface area (TPSA) is 87.4 Å². The van der Waals surface area contributed by atoms with E-state index in [0.29, 0.717) is 18.9 Å². The molecule has 0 aliphatic carbocycles. The highest BCUT2D eigenvalue weighted by Gasteiger charge is 2.30. The first-order chi connectivity index (χ1) is 16.0. The van der Waals surface area contributed by atoms with Gasteiger partial charge >= 0.3 is 6.03 Å². The molecule has 7 nitrogen and oxygen atoms in total. The van der Waals surface area contributed by atoms with E-state index in [-0.39, 0.29) is 6.03 Å². The van der Waals surface area contributed by atoms with Crippen molar-refractivity contribution in [2.45, 2.75) is 17.6 Å². The van der Waals surface area contributed by atoms with Gasteiger partial charge in [-0.15, -0.1) is 0 Å². The molecule has 33 heavy (non-hydrogen) atoms. The molecule has 0 bridgehead atoms. The Morgan fingerprint density at radius 3 is 2.70 bits per heavy atom. The molecule has 2 aromatic carbocycles. The molecule has 3 N–H and O–H groups in total. The van der Waals surface area contributed by atoms with Crippen LogP contribution in [0.5, 0.6) is 0 Å². The maximum atomic E-state index is 13.3. The van der Waals surface area contributed by atoms with Crippen molar-refractivity contribution in [3.05, 3.63) is 60.4 Å². The highest BCUT2D eigenvalue weighted by Crippen LogP contribution is 2.35. The highest BCUT2D eigenvalue weighted by atomic mass is 32.2. The Labute approximate surface area is 200 Å². The number of urea groups is 1. The molecule has 2 amide bonds. The van der Waals surface area contributed by atoms with Gasteiger partial charge in [-0.1, -0.05) is 41.7 Å². The van der Waals surface area contributed by atoms with Gasteiger partial charge < -0.3 is 5.73 Å². The maximum absolute atomic E-state index is 13.3. The molecule has 5 rings (SSSR count). The number of aromatic nitrogens is 2. The van der Waals surface area contributed by atoms with Crippen molar-refractivity contribution in [3.8, 4) is 11.1 Å². The molecule has 0 saturated carbocycles. The largest absolute Gasteiger partial charge is 0.384 e. The van der Waals surface area contributed by atoms with Crippen LogP contribution in [0.2, 0.25) is 0 Å². The lowest BCUT2D eigenvalue weighted by Crippen LogP contribution is -2.49. The summed E-state index contributed by atoms with van der Waals surface area (Å²) in [6.07, 6.45) is 2.70.